The van der Waals surface area contributed by atoms with Crippen LogP contribution in [0.2, 0.25) is 0 Å². The number of carbonyl (C=O) groups excluding carboxylic acids is 1. The Bertz CT molecular complexity index is 416. The van der Waals surface area contributed by atoms with E-state index in [1.165, 1.54) is 7.11 Å². The van der Waals surface area contributed by atoms with Gasteiger partial charge in [-0.05, 0) is 18.6 Å². The van der Waals surface area contributed by atoms with Gasteiger partial charge < -0.3 is 4.52 Å². The van der Waals surface area contributed by atoms with Crippen molar-refractivity contribution in [1.29, 1.82) is 0 Å². The topological polar surface area (TPSA) is 52.6 Å². The summed E-state index contributed by atoms with van der Waals surface area (Å²) in [6.45, 7) is 2.05. The molecule has 0 radical (unpaired) electrons. The van der Waals surface area contributed by atoms with E-state index in [9.17, 15) is 9.36 Å². The lowest BCUT2D eigenvalue weighted by Crippen LogP contribution is -2.12. The summed E-state index contributed by atoms with van der Waals surface area (Å²) < 4.78 is 22.3. The maximum atomic E-state index is 12.4. The summed E-state index contributed by atoms with van der Waals surface area (Å²) in [6, 6.07) is 8.51. The van der Waals surface area contributed by atoms with Gasteiger partial charge in [-0.3, -0.25) is 9.32 Å². The molecule has 1 aromatic rings. The van der Waals surface area contributed by atoms with E-state index in [-0.39, 0.29) is 6.42 Å². The minimum absolute atomic E-state index is 0.272. The summed E-state index contributed by atoms with van der Waals surface area (Å²) in [6.07, 6.45) is 2.99. The summed E-state index contributed by atoms with van der Waals surface area (Å²) in [4.78, 5) is 11.6. The first-order valence-electron chi connectivity index (χ1n) is 6.06. The Morgan fingerprint density at radius 3 is 2.44 bits per heavy atom. The molecule has 0 aliphatic carbocycles. The predicted octanol–water partition coefficient (Wildman–Crippen LogP) is 3.27. The fraction of sp³-hybridized carbons (Fsp3) is 0.462. The highest BCUT2D eigenvalue weighted by Gasteiger charge is 2.29. The molecule has 1 aromatic carbocycles. The van der Waals surface area contributed by atoms with Crippen LogP contribution in [0.25, 0.3) is 0 Å². The van der Waals surface area contributed by atoms with E-state index < -0.39 is 13.6 Å². The molecule has 1 rings (SSSR count). The minimum atomic E-state index is -3.51. The van der Waals surface area contributed by atoms with Crippen LogP contribution in [0.3, 0.4) is 0 Å². The molecule has 100 valence electrons. The fourth-order valence-electron chi connectivity index (χ4n) is 1.50. The number of unbranched alkanes of at least 4 members (excludes halogenated alkanes) is 2. The summed E-state index contributed by atoms with van der Waals surface area (Å²) in [5.41, 5.74) is 0. The minimum Gasteiger partial charge on any atom is -0.388 e. The summed E-state index contributed by atoms with van der Waals surface area (Å²) in [5.74, 6) is -0.475. The third-order valence-electron chi connectivity index (χ3n) is 2.52. The quantitative estimate of drug-likeness (QED) is 0.563. The Hall–Kier alpha value is -1.12. The van der Waals surface area contributed by atoms with Crippen molar-refractivity contribution < 1.29 is 18.4 Å². The highest BCUT2D eigenvalue weighted by atomic mass is 31.2. The second kappa shape index (κ2) is 7.34. The molecule has 0 aliphatic rings. The molecule has 0 amide bonds. The third-order valence-corrected chi connectivity index (χ3v) is 4.37. The van der Waals surface area contributed by atoms with Crippen LogP contribution in [0.1, 0.15) is 32.6 Å². The lowest BCUT2D eigenvalue weighted by molar-refractivity contribution is -0.134. The van der Waals surface area contributed by atoms with Gasteiger partial charge in [-0.1, -0.05) is 38.0 Å². The number of hydrogen-bond donors (Lipinski definition) is 0. The maximum absolute atomic E-state index is 12.4. The molecule has 0 spiro atoms. The molecule has 0 aliphatic heterocycles. The normalized spacial score (nSPS) is 13.9. The van der Waals surface area contributed by atoms with Gasteiger partial charge in [-0.2, -0.15) is 0 Å². The van der Waals surface area contributed by atoms with Gasteiger partial charge >= 0.3 is 13.6 Å². The Labute approximate surface area is 108 Å². The lowest BCUT2D eigenvalue weighted by atomic mass is 10.2. The SMILES string of the molecule is CCCCCC(=O)OP(=O)(OC)c1ccccc1. The number of hydrogen-bond acceptors (Lipinski definition) is 4. The first-order valence-corrected chi connectivity index (χ1v) is 7.60. The molecular weight excluding hydrogens is 251 g/mol. The molecule has 5 heteroatoms. The first kappa shape index (κ1) is 14.9. The summed E-state index contributed by atoms with van der Waals surface area (Å²) in [5, 5.41) is 0.399. The van der Waals surface area contributed by atoms with Crippen LogP contribution >= 0.6 is 7.60 Å². The van der Waals surface area contributed by atoms with E-state index in [0.29, 0.717) is 5.30 Å². The molecule has 1 unspecified atom stereocenters. The van der Waals surface area contributed by atoms with E-state index in [1.54, 1.807) is 30.3 Å². The molecule has 0 saturated carbocycles. The van der Waals surface area contributed by atoms with E-state index in [2.05, 4.69) is 6.92 Å². The van der Waals surface area contributed by atoms with Crippen LogP contribution < -0.4 is 5.30 Å². The second-order valence-corrected chi connectivity index (χ2v) is 6.00. The van der Waals surface area contributed by atoms with Crippen LogP contribution in [0.15, 0.2) is 30.3 Å². The van der Waals surface area contributed by atoms with Gasteiger partial charge in [-0.15, -0.1) is 0 Å². The molecule has 0 fully saturated rings. The highest BCUT2D eigenvalue weighted by Crippen LogP contribution is 2.46. The smallest absolute Gasteiger partial charge is 0.388 e. The zero-order valence-corrected chi connectivity index (χ0v) is 11.7. The zero-order chi connectivity index (χ0) is 13.4. The van der Waals surface area contributed by atoms with Crippen molar-refractivity contribution in [2.75, 3.05) is 7.11 Å². The Morgan fingerprint density at radius 1 is 1.22 bits per heavy atom. The molecule has 1 atom stereocenters. The molecule has 4 nitrogen and oxygen atoms in total. The van der Waals surface area contributed by atoms with Gasteiger partial charge in [0, 0.05) is 13.5 Å². The molecular formula is C13H19O4P. The number of rotatable bonds is 7. The van der Waals surface area contributed by atoms with E-state index in [4.69, 9.17) is 9.05 Å². The van der Waals surface area contributed by atoms with Crippen molar-refractivity contribution in [3.63, 3.8) is 0 Å². The monoisotopic (exact) mass is 270 g/mol. The van der Waals surface area contributed by atoms with Gasteiger partial charge in [0.1, 0.15) is 0 Å². The highest BCUT2D eigenvalue weighted by molar-refractivity contribution is 7.62. The zero-order valence-electron chi connectivity index (χ0n) is 10.8. The second-order valence-electron chi connectivity index (χ2n) is 3.94. The largest absolute Gasteiger partial charge is 0.412 e. The molecule has 0 heterocycles. The molecule has 0 N–H and O–H groups in total. The molecule has 18 heavy (non-hydrogen) atoms. The van der Waals surface area contributed by atoms with Crippen LogP contribution in [0.4, 0.5) is 0 Å². The average Bonchev–Trinajstić information content (AvgIpc) is 2.40. The van der Waals surface area contributed by atoms with Gasteiger partial charge in [0.15, 0.2) is 0 Å². The van der Waals surface area contributed by atoms with Crippen molar-refractivity contribution >= 4 is 18.9 Å². The number of carbonyl (C=O) groups is 1. The van der Waals surface area contributed by atoms with Gasteiger partial charge in [0.25, 0.3) is 0 Å². The van der Waals surface area contributed by atoms with Crippen molar-refractivity contribution in [3.8, 4) is 0 Å². The average molecular weight is 270 g/mol. The Morgan fingerprint density at radius 2 is 1.89 bits per heavy atom. The van der Waals surface area contributed by atoms with E-state index in [1.807, 2.05) is 0 Å². The van der Waals surface area contributed by atoms with Crippen molar-refractivity contribution in [2.45, 2.75) is 32.6 Å². The molecule has 0 aromatic heterocycles. The summed E-state index contributed by atoms with van der Waals surface area (Å²) in [7, 11) is -2.22. The van der Waals surface area contributed by atoms with Crippen molar-refractivity contribution in [1.82, 2.24) is 0 Å². The summed E-state index contributed by atoms with van der Waals surface area (Å²) >= 11 is 0. The van der Waals surface area contributed by atoms with Gasteiger partial charge in [-0.25, -0.2) is 4.57 Å². The van der Waals surface area contributed by atoms with Gasteiger partial charge in [0.05, 0.1) is 5.30 Å². The van der Waals surface area contributed by atoms with Crippen LogP contribution in [-0.2, 0) is 18.4 Å². The van der Waals surface area contributed by atoms with Crippen LogP contribution in [-0.4, -0.2) is 13.1 Å². The Kier molecular flexibility index (Phi) is 6.10. The fourth-order valence-corrected chi connectivity index (χ4v) is 2.79. The van der Waals surface area contributed by atoms with Crippen LogP contribution in [0, 0.1) is 0 Å². The van der Waals surface area contributed by atoms with Gasteiger partial charge in [0.2, 0.25) is 0 Å². The van der Waals surface area contributed by atoms with Crippen molar-refractivity contribution in [3.05, 3.63) is 30.3 Å². The standard InChI is InChI=1S/C13H19O4P/c1-3-4-6-11-13(14)17-18(15,16-2)12-9-7-5-8-10-12/h5,7-10H,3-4,6,11H2,1-2H3. The predicted molar refractivity (Wildman–Crippen MR) is 70.9 cm³/mol. The van der Waals surface area contributed by atoms with E-state index >= 15 is 0 Å². The molecule has 0 saturated heterocycles. The Balaban J connectivity index is 2.66. The van der Waals surface area contributed by atoms with Crippen LogP contribution in [0.5, 0.6) is 0 Å². The first-order chi connectivity index (χ1) is 8.62. The maximum Gasteiger partial charge on any atom is 0.412 e. The third kappa shape index (κ3) is 4.28. The number of benzene rings is 1. The molecule has 0 bridgehead atoms. The lowest BCUT2D eigenvalue weighted by Gasteiger charge is -2.15. The van der Waals surface area contributed by atoms with E-state index in [0.717, 1.165) is 19.3 Å². The van der Waals surface area contributed by atoms with Crippen molar-refractivity contribution in [2.24, 2.45) is 0 Å².